The summed E-state index contributed by atoms with van der Waals surface area (Å²) in [6.45, 7) is -0.345. The topological polar surface area (TPSA) is 158 Å². The van der Waals surface area contributed by atoms with Crippen molar-refractivity contribution >= 4 is 63.1 Å². The highest BCUT2D eigenvalue weighted by atomic mass is 35.5. The van der Waals surface area contributed by atoms with Crippen LogP contribution in [0, 0.1) is 0 Å². The molecule has 1 atom stereocenters. The fourth-order valence-corrected chi connectivity index (χ4v) is 4.38. The molecular formula is C20H17ClN4O6S2. The summed E-state index contributed by atoms with van der Waals surface area (Å²) in [5.41, 5.74) is 0.571. The Bertz CT molecular complexity index is 1180. The highest BCUT2D eigenvalue weighted by Crippen LogP contribution is 2.27. The smallest absolute Gasteiger partial charge is 0.328 e. The minimum Gasteiger partial charge on any atom is -0.508 e. The number of hydrogen-bond donors (Lipinski definition) is 5. The molecule has 33 heavy (non-hydrogen) atoms. The number of rotatable bonds is 9. The van der Waals surface area contributed by atoms with Gasteiger partial charge in [-0.1, -0.05) is 41.1 Å². The fourth-order valence-electron chi connectivity index (χ4n) is 2.62. The molecule has 1 unspecified atom stereocenters. The first-order valence-corrected chi connectivity index (χ1v) is 11.4. The molecule has 0 saturated carbocycles. The number of thiophene rings is 1. The van der Waals surface area contributed by atoms with Crippen LogP contribution >= 0.6 is 34.3 Å². The predicted molar refractivity (Wildman–Crippen MR) is 123 cm³/mol. The zero-order valence-corrected chi connectivity index (χ0v) is 19.1. The van der Waals surface area contributed by atoms with E-state index in [1.165, 1.54) is 23.5 Å². The molecule has 0 aliphatic carbocycles. The molecule has 3 rings (SSSR count). The molecule has 3 aromatic rings. The van der Waals surface area contributed by atoms with Crippen LogP contribution in [-0.4, -0.2) is 51.5 Å². The Morgan fingerprint density at radius 1 is 1.12 bits per heavy atom. The lowest BCUT2D eigenvalue weighted by atomic mass is 10.1. The van der Waals surface area contributed by atoms with Crippen molar-refractivity contribution < 1.29 is 29.4 Å². The Balaban J connectivity index is 1.60. The number of phenolic OH excluding ortho intramolecular Hbond substituents is 1. The molecule has 0 fully saturated rings. The Morgan fingerprint density at radius 3 is 2.58 bits per heavy atom. The molecule has 172 valence electrons. The molecule has 5 N–H and O–H groups in total. The minimum atomic E-state index is -1.41. The maximum Gasteiger partial charge on any atom is 0.328 e. The summed E-state index contributed by atoms with van der Waals surface area (Å²) >= 11 is 7.97. The summed E-state index contributed by atoms with van der Waals surface area (Å²) in [5, 5.41) is 27.6. The van der Waals surface area contributed by atoms with E-state index in [0.717, 1.165) is 11.3 Å². The summed E-state index contributed by atoms with van der Waals surface area (Å²) in [6.07, 6.45) is -0.0435. The average Bonchev–Trinajstić information content (AvgIpc) is 3.40. The fraction of sp³-hybridized carbons (Fsp3) is 0.150. The SMILES string of the molecule is O=C(Cc1cccc(O)c1)Nc1nc(Cl)c(C(=O)NC(CNC(=O)c2cccs2)C(=O)O)s1. The van der Waals surface area contributed by atoms with Crippen molar-refractivity contribution in [2.24, 2.45) is 0 Å². The summed E-state index contributed by atoms with van der Waals surface area (Å²) in [5.74, 6) is -3.05. The average molecular weight is 509 g/mol. The number of amides is 3. The number of carbonyl (C=O) groups is 4. The van der Waals surface area contributed by atoms with Gasteiger partial charge in [-0.2, -0.15) is 0 Å². The zero-order chi connectivity index (χ0) is 24.0. The molecule has 2 aromatic heterocycles. The van der Waals surface area contributed by atoms with Gasteiger partial charge in [0.05, 0.1) is 11.3 Å². The molecule has 0 spiro atoms. The van der Waals surface area contributed by atoms with Crippen LogP contribution < -0.4 is 16.0 Å². The van der Waals surface area contributed by atoms with E-state index in [9.17, 15) is 29.4 Å². The number of hydrogen-bond acceptors (Lipinski definition) is 8. The normalized spacial score (nSPS) is 11.4. The van der Waals surface area contributed by atoms with Crippen LogP contribution in [0.3, 0.4) is 0 Å². The van der Waals surface area contributed by atoms with Crippen molar-refractivity contribution in [1.29, 1.82) is 0 Å². The molecule has 0 aliphatic rings. The molecule has 10 nitrogen and oxygen atoms in total. The number of benzene rings is 1. The van der Waals surface area contributed by atoms with Crippen LogP contribution in [0.2, 0.25) is 5.15 Å². The van der Waals surface area contributed by atoms with Crippen molar-refractivity contribution in [1.82, 2.24) is 15.6 Å². The van der Waals surface area contributed by atoms with Crippen LogP contribution in [0.1, 0.15) is 24.9 Å². The van der Waals surface area contributed by atoms with E-state index in [-0.39, 0.29) is 33.9 Å². The Hall–Kier alpha value is -3.48. The maximum atomic E-state index is 12.5. The van der Waals surface area contributed by atoms with Gasteiger partial charge in [-0.3, -0.25) is 14.4 Å². The maximum absolute atomic E-state index is 12.5. The molecule has 13 heteroatoms. The Labute approximate surface area is 200 Å². The van der Waals surface area contributed by atoms with E-state index < -0.39 is 29.7 Å². The predicted octanol–water partition coefficient (Wildman–Crippen LogP) is 2.36. The number of nitrogens with zero attached hydrogens (tertiary/aromatic N) is 1. The number of aromatic nitrogens is 1. The van der Waals surface area contributed by atoms with E-state index >= 15 is 0 Å². The number of aliphatic carboxylic acids is 1. The summed E-state index contributed by atoms with van der Waals surface area (Å²) in [4.78, 5) is 52.5. The number of thiazole rings is 1. The van der Waals surface area contributed by atoms with E-state index in [4.69, 9.17) is 11.6 Å². The van der Waals surface area contributed by atoms with Gasteiger partial charge in [0.25, 0.3) is 11.8 Å². The summed E-state index contributed by atoms with van der Waals surface area (Å²) in [7, 11) is 0. The molecule has 0 saturated heterocycles. The van der Waals surface area contributed by atoms with Crippen molar-refractivity contribution in [3.05, 3.63) is 62.2 Å². The van der Waals surface area contributed by atoms with E-state index in [0.29, 0.717) is 10.4 Å². The number of nitrogens with one attached hydrogen (secondary N) is 3. The molecular weight excluding hydrogens is 492 g/mol. The van der Waals surface area contributed by atoms with E-state index in [1.807, 2.05) is 0 Å². The lowest BCUT2D eigenvalue weighted by molar-refractivity contribution is -0.139. The van der Waals surface area contributed by atoms with Crippen molar-refractivity contribution in [2.45, 2.75) is 12.5 Å². The lowest BCUT2D eigenvalue weighted by Gasteiger charge is -2.14. The first kappa shape index (κ1) is 24.2. The van der Waals surface area contributed by atoms with Gasteiger partial charge < -0.3 is 26.2 Å². The molecule has 2 heterocycles. The van der Waals surface area contributed by atoms with E-state index in [1.54, 1.807) is 29.6 Å². The third-order valence-corrected chi connectivity index (χ3v) is 6.35. The van der Waals surface area contributed by atoms with Gasteiger partial charge in [0.1, 0.15) is 16.7 Å². The van der Waals surface area contributed by atoms with Crippen molar-refractivity contribution in [3.63, 3.8) is 0 Å². The number of carboxylic acids is 1. The number of anilines is 1. The summed E-state index contributed by atoms with van der Waals surface area (Å²) < 4.78 is 0. The second kappa shape index (κ2) is 10.9. The van der Waals surface area contributed by atoms with Gasteiger partial charge in [0.15, 0.2) is 10.3 Å². The van der Waals surface area contributed by atoms with Crippen LogP contribution in [0.4, 0.5) is 5.13 Å². The molecule has 0 aliphatic heterocycles. The monoisotopic (exact) mass is 508 g/mol. The second-order valence-corrected chi connectivity index (χ2v) is 8.89. The van der Waals surface area contributed by atoms with Gasteiger partial charge in [-0.25, -0.2) is 9.78 Å². The molecule has 0 radical (unpaired) electrons. The molecule has 1 aromatic carbocycles. The van der Waals surface area contributed by atoms with Gasteiger partial charge >= 0.3 is 5.97 Å². The van der Waals surface area contributed by atoms with Gasteiger partial charge in [-0.15, -0.1) is 11.3 Å². The van der Waals surface area contributed by atoms with Gasteiger partial charge in [0.2, 0.25) is 5.91 Å². The van der Waals surface area contributed by atoms with Gasteiger partial charge in [0, 0.05) is 6.54 Å². The number of carboxylic acid groups (broad SMARTS) is 1. The first-order chi connectivity index (χ1) is 15.7. The van der Waals surface area contributed by atoms with Crippen LogP contribution in [0.25, 0.3) is 0 Å². The van der Waals surface area contributed by atoms with Crippen LogP contribution in [0.5, 0.6) is 5.75 Å². The van der Waals surface area contributed by atoms with E-state index in [2.05, 4.69) is 20.9 Å². The number of halogens is 1. The highest BCUT2D eigenvalue weighted by Gasteiger charge is 2.25. The Morgan fingerprint density at radius 2 is 1.91 bits per heavy atom. The molecule has 0 bridgehead atoms. The summed E-state index contributed by atoms with van der Waals surface area (Å²) in [6, 6.07) is 8.03. The standard InChI is InChI=1S/C20H17ClN4O6S2/c21-16-15(33-20(25-16)24-14(27)8-10-3-1-4-11(26)7-10)18(29)23-12(19(30)31)9-22-17(28)13-5-2-6-32-13/h1-7,12,26H,8-9H2,(H,22,28)(H,23,29)(H,30,31)(H,24,25,27). The number of aromatic hydroxyl groups is 1. The highest BCUT2D eigenvalue weighted by molar-refractivity contribution is 7.18. The minimum absolute atomic E-state index is 0.0242. The second-order valence-electron chi connectivity index (χ2n) is 6.59. The molecule has 3 amide bonds. The third kappa shape index (κ3) is 6.75. The van der Waals surface area contributed by atoms with Crippen LogP contribution in [-0.2, 0) is 16.0 Å². The van der Waals surface area contributed by atoms with Crippen molar-refractivity contribution in [2.75, 3.05) is 11.9 Å². The van der Waals surface area contributed by atoms with Crippen molar-refractivity contribution in [3.8, 4) is 5.75 Å². The quantitative estimate of drug-likeness (QED) is 0.297. The zero-order valence-electron chi connectivity index (χ0n) is 16.7. The largest absolute Gasteiger partial charge is 0.508 e. The lowest BCUT2D eigenvalue weighted by Crippen LogP contribution is -2.48. The van der Waals surface area contributed by atoms with Gasteiger partial charge in [-0.05, 0) is 29.1 Å². The Kier molecular flexibility index (Phi) is 7.98. The third-order valence-electron chi connectivity index (χ3n) is 4.13. The van der Waals surface area contributed by atoms with Crippen LogP contribution in [0.15, 0.2) is 41.8 Å². The number of phenols is 1. The first-order valence-electron chi connectivity index (χ1n) is 9.32. The number of carbonyl (C=O) groups excluding carboxylic acids is 3.